The Morgan fingerprint density at radius 1 is 1.33 bits per heavy atom. The van der Waals surface area contributed by atoms with Gasteiger partial charge in [-0.05, 0) is 12.1 Å². The predicted octanol–water partition coefficient (Wildman–Crippen LogP) is 2.88. The number of nitrogens with zero attached hydrogens (tertiary/aromatic N) is 2. The largest absolute Gasteiger partial charge is 0.266 e. The zero-order chi connectivity index (χ0) is 8.72. The highest BCUT2D eigenvalue weighted by Gasteiger charge is 2.04. The maximum Gasteiger partial charge on any atom is 0.0866 e. The van der Waals surface area contributed by atoms with Crippen molar-refractivity contribution < 1.29 is 0 Å². The van der Waals surface area contributed by atoms with Gasteiger partial charge in [0.25, 0.3) is 0 Å². The Bertz CT molecular complexity index is 434. The molecule has 12 heavy (non-hydrogen) atoms. The molecule has 2 rings (SSSR count). The second kappa shape index (κ2) is 2.64. The third-order valence-electron chi connectivity index (χ3n) is 1.75. The van der Waals surface area contributed by atoms with Gasteiger partial charge >= 0.3 is 0 Å². The van der Waals surface area contributed by atoms with Crippen LogP contribution < -0.4 is 0 Å². The number of benzene rings is 1. The van der Waals surface area contributed by atoms with Crippen LogP contribution in [0.3, 0.4) is 0 Å². The predicted molar refractivity (Wildman–Crippen MR) is 50.7 cm³/mol. The summed E-state index contributed by atoms with van der Waals surface area (Å²) in [7, 11) is 1.85. The molecule has 0 saturated carbocycles. The Hall–Kier alpha value is -0.730. The molecule has 0 amide bonds. The number of hydrogen-bond acceptors (Lipinski definition) is 1. The fraction of sp³-hybridized carbons (Fsp3) is 0.125. The Labute approximate surface area is 79.7 Å². The van der Waals surface area contributed by atoms with E-state index in [1.807, 2.05) is 13.1 Å². The lowest BCUT2D eigenvalue weighted by molar-refractivity contribution is 0.797. The minimum atomic E-state index is 0.637. The summed E-state index contributed by atoms with van der Waals surface area (Å²) >= 11 is 11.8. The maximum absolute atomic E-state index is 5.96. The van der Waals surface area contributed by atoms with Crippen molar-refractivity contribution in [1.29, 1.82) is 0 Å². The van der Waals surface area contributed by atoms with Crippen LogP contribution in [0.4, 0.5) is 0 Å². The van der Waals surface area contributed by atoms with Crippen LogP contribution in [0, 0.1) is 0 Å². The summed E-state index contributed by atoms with van der Waals surface area (Å²) in [5, 5.41) is 6.31. The normalized spacial score (nSPS) is 10.9. The molecule has 2 nitrogen and oxygen atoms in total. The van der Waals surface area contributed by atoms with Crippen LogP contribution in [0.2, 0.25) is 10.0 Å². The Morgan fingerprint density at radius 3 is 2.83 bits per heavy atom. The highest BCUT2D eigenvalue weighted by Crippen LogP contribution is 2.26. The second-order valence-electron chi connectivity index (χ2n) is 2.59. The van der Waals surface area contributed by atoms with Crippen LogP contribution >= 0.6 is 23.2 Å². The van der Waals surface area contributed by atoms with Gasteiger partial charge in [-0.2, -0.15) is 5.10 Å². The fourth-order valence-electron chi connectivity index (χ4n) is 1.23. The van der Waals surface area contributed by atoms with Gasteiger partial charge in [0.1, 0.15) is 0 Å². The third-order valence-corrected chi connectivity index (χ3v) is 2.26. The smallest absolute Gasteiger partial charge is 0.0866 e. The molecule has 0 N–H and O–H groups in total. The number of halogens is 2. The lowest BCUT2D eigenvalue weighted by Gasteiger charge is -1.97. The number of hydrogen-bond donors (Lipinski definition) is 0. The zero-order valence-electron chi connectivity index (χ0n) is 6.38. The summed E-state index contributed by atoms with van der Waals surface area (Å²) in [6.45, 7) is 0. The van der Waals surface area contributed by atoms with E-state index >= 15 is 0 Å². The van der Waals surface area contributed by atoms with Gasteiger partial charge in [0.15, 0.2) is 0 Å². The second-order valence-corrected chi connectivity index (χ2v) is 3.44. The van der Waals surface area contributed by atoms with E-state index in [1.165, 1.54) is 0 Å². The van der Waals surface area contributed by atoms with Gasteiger partial charge in [-0.25, -0.2) is 0 Å². The standard InChI is InChI=1S/C8H6Cl2N2/c1-12-8-5(4-11-12)2-6(9)3-7(8)10/h2-4H,1H3. The monoisotopic (exact) mass is 200 g/mol. The molecule has 0 aliphatic carbocycles. The minimum Gasteiger partial charge on any atom is -0.266 e. The van der Waals surface area contributed by atoms with Gasteiger partial charge in [0.05, 0.1) is 16.7 Å². The quantitative estimate of drug-likeness (QED) is 0.640. The van der Waals surface area contributed by atoms with E-state index < -0.39 is 0 Å². The van der Waals surface area contributed by atoms with Crippen molar-refractivity contribution in [2.75, 3.05) is 0 Å². The molecule has 1 aromatic carbocycles. The van der Waals surface area contributed by atoms with E-state index in [9.17, 15) is 0 Å². The minimum absolute atomic E-state index is 0.637. The molecule has 0 radical (unpaired) electrons. The molecule has 0 saturated heterocycles. The van der Waals surface area contributed by atoms with Crippen LogP contribution in [0.1, 0.15) is 0 Å². The van der Waals surface area contributed by atoms with Gasteiger partial charge in [-0.15, -0.1) is 0 Å². The van der Waals surface area contributed by atoms with E-state index in [-0.39, 0.29) is 0 Å². The molecular weight excluding hydrogens is 195 g/mol. The van der Waals surface area contributed by atoms with Gasteiger partial charge < -0.3 is 0 Å². The maximum atomic E-state index is 5.96. The van der Waals surface area contributed by atoms with E-state index in [4.69, 9.17) is 23.2 Å². The van der Waals surface area contributed by atoms with E-state index in [2.05, 4.69) is 5.10 Å². The Kier molecular flexibility index (Phi) is 1.74. The molecular formula is C8H6Cl2N2. The van der Waals surface area contributed by atoms with Gasteiger partial charge in [0, 0.05) is 17.5 Å². The van der Waals surface area contributed by atoms with Gasteiger partial charge in [0.2, 0.25) is 0 Å². The van der Waals surface area contributed by atoms with E-state index in [1.54, 1.807) is 16.9 Å². The molecule has 0 spiro atoms. The highest BCUT2D eigenvalue weighted by molar-refractivity contribution is 6.38. The zero-order valence-corrected chi connectivity index (χ0v) is 7.89. The van der Waals surface area contributed by atoms with Gasteiger partial charge in [-0.3, -0.25) is 4.68 Å². The first kappa shape index (κ1) is 7.90. The fourth-order valence-corrected chi connectivity index (χ4v) is 1.86. The molecule has 4 heteroatoms. The highest BCUT2D eigenvalue weighted by atomic mass is 35.5. The van der Waals surface area contributed by atoms with Crippen LogP contribution in [-0.4, -0.2) is 9.78 Å². The van der Waals surface area contributed by atoms with Crippen molar-refractivity contribution >= 4 is 34.1 Å². The third kappa shape index (κ3) is 1.08. The number of rotatable bonds is 0. The van der Waals surface area contributed by atoms with E-state index in [0.29, 0.717) is 10.0 Å². The first-order valence-electron chi connectivity index (χ1n) is 3.45. The summed E-state index contributed by atoms with van der Waals surface area (Å²) < 4.78 is 1.73. The number of aromatic nitrogens is 2. The van der Waals surface area contributed by atoms with Crippen LogP contribution in [0.25, 0.3) is 10.9 Å². The van der Waals surface area contributed by atoms with Crippen molar-refractivity contribution in [2.45, 2.75) is 0 Å². The summed E-state index contributed by atoms with van der Waals surface area (Å²) in [5.74, 6) is 0. The van der Waals surface area contributed by atoms with Crippen LogP contribution in [-0.2, 0) is 7.05 Å². The van der Waals surface area contributed by atoms with Gasteiger partial charge in [-0.1, -0.05) is 23.2 Å². The molecule has 0 atom stereocenters. The SMILES string of the molecule is Cn1ncc2cc(Cl)cc(Cl)c21. The van der Waals surface area contributed by atoms with Crippen LogP contribution in [0.15, 0.2) is 18.3 Å². The van der Waals surface area contributed by atoms with Crippen molar-refractivity contribution in [2.24, 2.45) is 7.05 Å². The molecule has 62 valence electrons. The first-order chi connectivity index (χ1) is 5.68. The average Bonchev–Trinajstić information content (AvgIpc) is 2.31. The number of fused-ring (bicyclic) bond motifs is 1. The molecule has 1 heterocycles. The van der Waals surface area contributed by atoms with Crippen molar-refractivity contribution in [3.63, 3.8) is 0 Å². The molecule has 0 unspecified atom stereocenters. The molecule has 0 aliphatic rings. The van der Waals surface area contributed by atoms with Crippen molar-refractivity contribution in [3.05, 3.63) is 28.4 Å². The summed E-state index contributed by atoms with van der Waals surface area (Å²) in [5.41, 5.74) is 0.918. The summed E-state index contributed by atoms with van der Waals surface area (Å²) in [6.07, 6.45) is 1.74. The molecule has 0 aliphatic heterocycles. The summed E-state index contributed by atoms with van der Waals surface area (Å²) in [6, 6.07) is 3.56. The lowest BCUT2D eigenvalue weighted by atomic mass is 10.2. The molecule has 2 aromatic rings. The number of aryl methyl sites for hydroxylation is 1. The Morgan fingerprint density at radius 2 is 2.08 bits per heavy atom. The van der Waals surface area contributed by atoms with Crippen molar-refractivity contribution in [1.82, 2.24) is 9.78 Å². The first-order valence-corrected chi connectivity index (χ1v) is 4.21. The summed E-state index contributed by atoms with van der Waals surface area (Å²) in [4.78, 5) is 0. The molecule has 0 fully saturated rings. The molecule has 1 aromatic heterocycles. The van der Waals surface area contributed by atoms with E-state index in [0.717, 1.165) is 10.9 Å². The van der Waals surface area contributed by atoms with Crippen molar-refractivity contribution in [3.8, 4) is 0 Å². The lowest BCUT2D eigenvalue weighted by Crippen LogP contribution is -1.88. The topological polar surface area (TPSA) is 17.8 Å². The molecule has 0 bridgehead atoms. The average molecular weight is 201 g/mol. The Balaban J connectivity index is 2.93. The van der Waals surface area contributed by atoms with Crippen LogP contribution in [0.5, 0.6) is 0 Å².